The predicted octanol–water partition coefficient (Wildman–Crippen LogP) is 3.27. The normalized spacial score (nSPS) is 15.2. The third kappa shape index (κ3) is 6.62. The lowest BCUT2D eigenvalue weighted by atomic mass is 9.88. The zero-order chi connectivity index (χ0) is 17.9. The highest BCUT2D eigenvalue weighted by Gasteiger charge is 2.23. The number of likely N-dealkylation sites (tertiary alicyclic amines) is 1. The molecular formula is C20H35N3O. The van der Waals surface area contributed by atoms with Gasteiger partial charge in [0.05, 0.1) is 0 Å². The Kier molecular flexibility index (Phi) is 9.65. The van der Waals surface area contributed by atoms with Gasteiger partial charge in [0.2, 0.25) is 5.91 Å². The zero-order valence-corrected chi connectivity index (χ0v) is 15.8. The zero-order valence-electron chi connectivity index (χ0n) is 15.8. The molecule has 0 spiro atoms. The fourth-order valence-electron chi connectivity index (χ4n) is 3.02. The van der Waals surface area contributed by atoms with Gasteiger partial charge in [0.15, 0.2) is 0 Å². The quantitative estimate of drug-likeness (QED) is 0.840. The van der Waals surface area contributed by atoms with Gasteiger partial charge in [-0.05, 0) is 29.9 Å². The largest absolute Gasteiger partial charge is 0.343 e. The summed E-state index contributed by atoms with van der Waals surface area (Å²) < 4.78 is 0. The van der Waals surface area contributed by atoms with Crippen molar-refractivity contribution < 1.29 is 4.79 Å². The van der Waals surface area contributed by atoms with Crippen LogP contribution in [0.2, 0.25) is 0 Å². The number of carbonyl (C=O) groups excluding carboxylic acids is 1. The molecule has 0 bridgehead atoms. The van der Waals surface area contributed by atoms with Gasteiger partial charge in [-0.15, -0.1) is 0 Å². The summed E-state index contributed by atoms with van der Waals surface area (Å²) in [7, 11) is 0. The molecule has 0 radical (unpaired) electrons. The Bertz CT molecular complexity index is 480. The molecule has 1 aliphatic heterocycles. The molecule has 0 aromatic heterocycles. The second-order valence-electron chi connectivity index (χ2n) is 6.47. The second kappa shape index (κ2) is 11.2. The van der Waals surface area contributed by atoms with Crippen molar-refractivity contribution in [2.24, 2.45) is 5.73 Å². The van der Waals surface area contributed by atoms with Gasteiger partial charge < -0.3 is 16.0 Å². The first-order valence-corrected chi connectivity index (χ1v) is 9.40. The van der Waals surface area contributed by atoms with Crippen LogP contribution in [0.3, 0.4) is 0 Å². The van der Waals surface area contributed by atoms with Gasteiger partial charge >= 0.3 is 0 Å². The van der Waals surface area contributed by atoms with Crippen LogP contribution in [0.4, 0.5) is 0 Å². The van der Waals surface area contributed by atoms with Crippen LogP contribution >= 0.6 is 0 Å². The fourth-order valence-corrected chi connectivity index (χ4v) is 3.02. The lowest BCUT2D eigenvalue weighted by Gasteiger charge is -2.32. The highest BCUT2D eigenvalue weighted by atomic mass is 16.2. The molecule has 1 heterocycles. The number of carbonyl (C=O) groups is 1. The first kappa shape index (κ1) is 20.7. The minimum atomic E-state index is 0.204. The molecule has 0 unspecified atom stereocenters. The standard InChI is InChI=1S/C18H29N3O.C2H6/c1-14(2)20-13-15-4-3-5-17(12-15)16-7-10-21(11-8-16)18(22)6-9-19;1-2/h3-5,12,14,16,20H,6-11,13,19H2,1-2H3;1-2H3. The van der Waals surface area contributed by atoms with Gasteiger partial charge in [-0.3, -0.25) is 4.79 Å². The van der Waals surface area contributed by atoms with E-state index in [1.54, 1.807) is 0 Å². The molecule has 3 N–H and O–H groups in total. The summed E-state index contributed by atoms with van der Waals surface area (Å²) in [6.45, 7) is 11.4. The number of piperidine rings is 1. The minimum Gasteiger partial charge on any atom is -0.343 e. The molecule has 1 amide bonds. The molecule has 1 fully saturated rings. The molecule has 4 nitrogen and oxygen atoms in total. The van der Waals surface area contributed by atoms with Crippen LogP contribution < -0.4 is 11.1 Å². The first-order chi connectivity index (χ1) is 11.6. The van der Waals surface area contributed by atoms with Crippen LogP contribution in [-0.2, 0) is 11.3 Å². The van der Waals surface area contributed by atoms with Crippen LogP contribution in [0.15, 0.2) is 24.3 Å². The average molecular weight is 334 g/mol. The van der Waals surface area contributed by atoms with Gasteiger partial charge in [0.1, 0.15) is 0 Å². The number of rotatable bonds is 6. The van der Waals surface area contributed by atoms with Crippen molar-refractivity contribution in [1.82, 2.24) is 10.2 Å². The Morgan fingerprint density at radius 1 is 1.29 bits per heavy atom. The summed E-state index contributed by atoms with van der Waals surface area (Å²) in [5.74, 6) is 0.775. The van der Waals surface area contributed by atoms with Gasteiger partial charge in [0, 0.05) is 38.6 Å². The molecule has 1 aromatic carbocycles. The molecule has 0 saturated carbocycles. The molecule has 1 aromatic rings. The maximum Gasteiger partial charge on any atom is 0.223 e. The van der Waals surface area contributed by atoms with Gasteiger partial charge in [-0.25, -0.2) is 0 Å². The first-order valence-electron chi connectivity index (χ1n) is 9.40. The maximum atomic E-state index is 11.9. The van der Waals surface area contributed by atoms with Crippen LogP contribution in [0, 0.1) is 0 Å². The predicted molar refractivity (Wildman–Crippen MR) is 102 cm³/mol. The van der Waals surface area contributed by atoms with Crippen molar-refractivity contribution >= 4 is 5.91 Å². The van der Waals surface area contributed by atoms with Crippen molar-refractivity contribution in [3.8, 4) is 0 Å². The van der Waals surface area contributed by atoms with E-state index in [1.165, 1.54) is 11.1 Å². The Morgan fingerprint density at radius 2 is 1.96 bits per heavy atom. The van der Waals surface area contributed by atoms with E-state index >= 15 is 0 Å². The summed E-state index contributed by atoms with van der Waals surface area (Å²) in [5.41, 5.74) is 8.22. The van der Waals surface area contributed by atoms with E-state index in [-0.39, 0.29) is 5.91 Å². The van der Waals surface area contributed by atoms with Gasteiger partial charge in [0.25, 0.3) is 0 Å². The molecule has 4 heteroatoms. The number of hydrogen-bond donors (Lipinski definition) is 2. The Morgan fingerprint density at radius 3 is 2.54 bits per heavy atom. The van der Waals surface area contributed by atoms with Crippen molar-refractivity contribution in [2.75, 3.05) is 19.6 Å². The van der Waals surface area contributed by atoms with E-state index in [4.69, 9.17) is 5.73 Å². The molecule has 0 atom stereocenters. The summed E-state index contributed by atoms with van der Waals surface area (Å²) >= 11 is 0. The third-order valence-corrected chi connectivity index (χ3v) is 4.34. The number of nitrogens with two attached hydrogens (primary N) is 1. The number of hydrogen-bond acceptors (Lipinski definition) is 3. The number of amides is 1. The second-order valence-corrected chi connectivity index (χ2v) is 6.47. The van der Waals surface area contributed by atoms with Crippen LogP contribution in [0.5, 0.6) is 0 Å². The number of benzene rings is 1. The molecule has 2 rings (SSSR count). The summed E-state index contributed by atoms with van der Waals surface area (Å²) in [5, 5.41) is 3.46. The summed E-state index contributed by atoms with van der Waals surface area (Å²) in [6, 6.07) is 9.37. The number of nitrogens with one attached hydrogen (secondary N) is 1. The van der Waals surface area contributed by atoms with Crippen molar-refractivity contribution in [3.63, 3.8) is 0 Å². The Balaban J connectivity index is 0.00000139. The van der Waals surface area contributed by atoms with Crippen molar-refractivity contribution in [2.45, 2.75) is 65.5 Å². The lowest BCUT2D eigenvalue weighted by Crippen LogP contribution is -2.38. The molecule has 24 heavy (non-hydrogen) atoms. The minimum absolute atomic E-state index is 0.204. The topological polar surface area (TPSA) is 58.4 Å². The molecule has 136 valence electrons. The number of nitrogens with zero attached hydrogens (tertiary/aromatic N) is 1. The fraction of sp³-hybridized carbons (Fsp3) is 0.650. The molecular weight excluding hydrogens is 298 g/mol. The van der Waals surface area contributed by atoms with Crippen LogP contribution in [-0.4, -0.2) is 36.5 Å². The van der Waals surface area contributed by atoms with E-state index in [0.29, 0.717) is 24.9 Å². The smallest absolute Gasteiger partial charge is 0.223 e. The SMILES string of the molecule is CC.CC(C)NCc1cccc(C2CCN(C(=O)CCN)CC2)c1. The van der Waals surface area contributed by atoms with Crippen LogP contribution in [0.1, 0.15) is 64.0 Å². The highest BCUT2D eigenvalue weighted by Crippen LogP contribution is 2.28. The Hall–Kier alpha value is -1.39. The summed E-state index contributed by atoms with van der Waals surface area (Å²) in [6.07, 6.45) is 2.58. The lowest BCUT2D eigenvalue weighted by molar-refractivity contribution is -0.132. The average Bonchev–Trinajstić information content (AvgIpc) is 2.62. The van der Waals surface area contributed by atoms with E-state index in [0.717, 1.165) is 32.5 Å². The molecule has 0 aliphatic carbocycles. The van der Waals surface area contributed by atoms with Gasteiger partial charge in [-0.2, -0.15) is 0 Å². The van der Waals surface area contributed by atoms with E-state index in [1.807, 2.05) is 18.7 Å². The highest BCUT2D eigenvalue weighted by molar-refractivity contribution is 5.76. The van der Waals surface area contributed by atoms with Crippen LogP contribution in [0.25, 0.3) is 0 Å². The van der Waals surface area contributed by atoms with E-state index < -0.39 is 0 Å². The van der Waals surface area contributed by atoms with Crippen molar-refractivity contribution in [3.05, 3.63) is 35.4 Å². The van der Waals surface area contributed by atoms with Gasteiger partial charge in [-0.1, -0.05) is 52.0 Å². The van der Waals surface area contributed by atoms with E-state index in [9.17, 15) is 4.79 Å². The third-order valence-electron chi connectivity index (χ3n) is 4.34. The monoisotopic (exact) mass is 333 g/mol. The molecule has 1 saturated heterocycles. The summed E-state index contributed by atoms with van der Waals surface area (Å²) in [4.78, 5) is 13.8. The van der Waals surface area contributed by atoms with E-state index in [2.05, 4.69) is 43.4 Å². The van der Waals surface area contributed by atoms with Crippen molar-refractivity contribution in [1.29, 1.82) is 0 Å². The Labute approximate surface area is 147 Å². The maximum absolute atomic E-state index is 11.9. The molecule has 1 aliphatic rings.